The molecule has 0 bridgehead atoms. The normalized spacial score (nSPS) is 27.6. The molecule has 1 aromatic rings. The van der Waals surface area contributed by atoms with Gasteiger partial charge in [0, 0.05) is 11.4 Å². The van der Waals surface area contributed by atoms with E-state index in [1.165, 1.54) is 29.8 Å². The highest BCUT2D eigenvalue weighted by molar-refractivity contribution is 7.99. The Kier molecular flexibility index (Phi) is 2.98. The molecule has 0 radical (unpaired) electrons. The van der Waals surface area contributed by atoms with Crippen LogP contribution < -0.4 is 10.6 Å². The van der Waals surface area contributed by atoms with Crippen LogP contribution >= 0.6 is 11.8 Å². The third-order valence-electron chi connectivity index (χ3n) is 3.83. The second-order valence-electron chi connectivity index (χ2n) is 5.23. The van der Waals surface area contributed by atoms with E-state index in [9.17, 15) is 0 Å². The first-order valence-corrected chi connectivity index (χ1v) is 7.61. The molecule has 0 amide bonds. The van der Waals surface area contributed by atoms with Crippen molar-refractivity contribution in [2.24, 2.45) is 10.7 Å². The second kappa shape index (κ2) is 4.50. The summed E-state index contributed by atoms with van der Waals surface area (Å²) in [4.78, 5) is 6.76. The Labute approximate surface area is 112 Å². The fourth-order valence-electron chi connectivity index (χ4n) is 2.85. The molecule has 4 heteroatoms. The van der Waals surface area contributed by atoms with Gasteiger partial charge in [-0.15, -0.1) is 0 Å². The number of nitrogens with two attached hydrogens (primary N) is 1. The van der Waals surface area contributed by atoms with Crippen LogP contribution in [0.15, 0.2) is 29.3 Å². The minimum Gasteiger partial charge on any atom is -0.369 e. The van der Waals surface area contributed by atoms with Gasteiger partial charge in [-0.25, -0.2) is 0 Å². The predicted octanol–water partition coefficient (Wildman–Crippen LogP) is 2.40. The quantitative estimate of drug-likeness (QED) is 0.844. The van der Waals surface area contributed by atoms with Crippen molar-refractivity contribution in [2.75, 3.05) is 23.0 Å². The molecule has 18 heavy (non-hydrogen) atoms. The molecule has 1 atom stereocenters. The van der Waals surface area contributed by atoms with Gasteiger partial charge in [0.15, 0.2) is 5.96 Å². The number of rotatable bonds is 1. The summed E-state index contributed by atoms with van der Waals surface area (Å²) in [5, 5.41) is 0. The maximum absolute atomic E-state index is 6.12. The Morgan fingerprint density at radius 1 is 1.33 bits per heavy atom. The van der Waals surface area contributed by atoms with Gasteiger partial charge >= 0.3 is 0 Å². The lowest BCUT2D eigenvalue weighted by Gasteiger charge is -2.41. The summed E-state index contributed by atoms with van der Waals surface area (Å²) in [6.45, 7) is 2.96. The summed E-state index contributed by atoms with van der Waals surface area (Å²) in [5.74, 6) is 3.08. The van der Waals surface area contributed by atoms with Crippen LogP contribution in [0.1, 0.15) is 18.4 Å². The van der Waals surface area contributed by atoms with Crippen LogP contribution in [0.3, 0.4) is 0 Å². The van der Waals surface area contributed by atoms with Gasteiger partial charge < -0.3 is 10.6 Å². The minimum absolute atomic E-state index is 0.127. The zero-order valence-corrected chi connectivity index (χ0v) is 11.5. The summed E-state index contributed by atoms with van der Waals surface area (Å²) in [6, 6.07) is 8.60. The third kappa shape index (κ3) is 1.88. The summed E-state index contributed by atoms with van der Waals surface area (Å²) in [6.07, 6.45) is 2.45. The van der Waals surface area contributed by atoms with Gasteiger partial charge in [-0.1, -0.05) is 17.7 Å². The fraction of sp³-hybridized carbons (Fsp3) is 0.500. The molecule has 0 aliphatic carbocycles. The minimum atomic E-state index is 0.127. The number of aryl methyl sites for hydroxylation is 1. The number of nitrogens with zero attached hydrogens (tertiary/aromatic N) is 2. The number of anilines is 1. The number of benzene rings is 1. The molecule has 1 fully saturated rings. The molecule has 0 saturated carbocycles. The summed E-state index contributed by atoms with van der Waals surface area (Å²) in [5.41, 5.74) is 8.71. The molecule has 96 valence electrons. The van der Waals surface area contributed by atoms with Gasteiger partial charge in [-0.2, -0.15) is 11.8 Å². The van der Waals surface area contributed by atoms with Crippen molar-refractivity contribution in [3.63, 3.8) is 0 Å². The molecule has 2 N–H and O–H groups in total. The van der Waals surface area contributed by atoms with E-state index in [-0.39, 0.29) is 5.54 Å². The average molecular weight is 261 g/mol. The lowest BCUT2D eigenvalue weighted by Crippen LogP contribution is -2.55. The first kappa shape index (κ1) is 11.9. The van der Waals surface area contributed by atoms with Crippen molar-refractivity contribution >= 4 is 23.4 Å². The monoisotopic (exact) mass is 261 g/mol. The molecular weight excluding hydrogens is 242 g/mol. The maximum atomic E-state index is 6.12. The number of guanidine groups is 1. The van der Waals surface area contributed by atoms with Crippen LogP contribution in [0, 0.1) is 6.92 Å². The van der Waals surface area contributed by atoms with Crippen LogP contribution in [0.5, 0.6) is 0 Å². The van der Waals surface area contributed by atoms with Crippen molar-refractivity contribution < 1.29 is 0 Å². The molecule has 0 aromatic heterocycles. The summed E-state index contributed by atoms with van der Waals surface area (Å²) in [7, 11) is 0. The molecule has 3 rings (SSSR count). The van der Waals surface area contributed by atoms with Crippen molar-refractivity contribution in [3.8, 4) is 0 Å². The highest BCUT2D eigenvalue weighted by atomic mass is 32.2. The second-order valence-corrected chi connectivity index (χ2v) is 6.33. The van der Waals surface area contributed by atoms with E-state index in [1.54, 1.807) is 0 Å². The molecule has 1 saturated heterocycles. The van der Waals surface area contributed by atoms with Gasteiger partial charge in [0.05, 0.1) is 12.1 Å². The van der Waals surface area contributed by atoms with Crippen molar-refractivity contribution in [1.29, 1.82) is 0 Å². The van der Waals surface area contributed by atoms with Gasteiger partial charge in [0.25, 0.3) is 0 Å². The molecular formula is C14H19N3S. The van der Waals surface area contributed by atoms with Crippen LogP contribution in [0.25, 0.3) is 0 Å². The van der Waals surface area contributed by atoms with E-state index in [0.717, 1.165) is 12.3 Å². The van der Waals surface area contributed by atoms with E-state index >= 15 is 0 Å². The summed E-state index contributed by atoms with van der Waals surface area (Å²) < 4.78 is 0. The molecule has 2 heterocycles. The Hall–Kier alpha value is -1.16. The molecule has 2 aliphatic heterocycles. The molecule has 2 aliphatic rings. The maximum Gasteiger partial charge on any atom is 0.196 e. The van der Waals surface area contributed by atoms with Gasteiger partial charge in [0.1, 0.15) is 0 Å². The van der Waals surface area contributed by atoms with Gasteiger partial charge in [-0.05, 0) is 37.7 Å². The van der Waals surface area contributed by atoms with E-state index in [4.69, 9.17) is 5.73 Å². The van der Waals surface area contributed by atoms with E-state index in [2.05, 4.69) is 41.1 Å². The van der Waals surface area contributed by atoms with Crippen molar-refractivity contribution in [3.05, 3.63) is 29.8 Å². The standard InChI is InChI=1S/C14H19N3S/c1-11-3-5-12(6-4-11)17-13(15)16-9-14(17)7-2-8-18-10-14/h3-6H,2,7-10H2,1H3,(H2,15,16). The first-order valence-electron chi connectivity index (χ1n) is 6.46. The topological polar surface area (TPSA) is 41.6 Å². The average Bonchev–Trinajstić information content (AvgIpc) is 2.69. The highest BCUT2D eigenvalue weighted by Crippen LogP contribution is 2.38. The number of hydrogen-bond donors (Lipinski definition) is 1. The van der Waals surface area contributed by atoms with Crippen LogP contribution in [-0.4, -0.2) is 29.5 Å². The van der Waals surface area contributed by atoms with Gasteiger partial charge in [-0.3, -0.25) is 4.99 Å². The predicted molar refractivity (Wildman–Crippen MR) is 79.4 cm³/mol. The van der Waals surface area contributed by atoms with Crippen LogP contribution in [-0.2, 0) is 0 Å². The third-order valence-corrected chi connectivity index (χ3v) is 5.15. The largest absolute Gasteiger partial charge is 0.369 e. The Morgan fingerprint density at radius 2 is 2.11 bits per heavy atom. The Bertz CT molecular complexity index is 460. The van der Waals surface area contributed by atoms with Crippen molar-refractivity contribution in [2.45, 2.75) is 25.3 Å². The van der Waals surface area contributed by atoms with E-state index in [1.807, 2.05) is 11.8 Å². The number of thioether (sulfide) groups is 1. The lowest BCUT2D eigenvalue weighted by molar-refractivity contribution is 0.457. The van der Waals surface area contributed by atoms with Crippen LogP contribution in [0.2, 0.25) is 0 Å². The molecule has 3 nitrogen and oxygen atoms in total. The van der Waals surface area contributed by atoms with Crippen molar-refractivity contribution in [1.82, 2.24) is 0 Å². The zero-order valence-electron chi connectivity index (χ0n) is 10.7. The molecule has 1 aromatic carbocycles. The number of hydrogen-bond acceptors (Lipinski definition) is 4. The van der Waals surface area contributed by atoms with E-state index < -0.39 is 0 Å². The lowest BCUT2D eigenvalue weighted by atomic mass is 9.93. The molecule has 1 spiro atoms. The first-order chi connectivity index (χ1) is 8.71. The van der Waals surface area contributed by atoms with Gasteiger partial charge in [0.2, 0.25) is 0 Å². The van der Waals surface area contributed by atoms with Crippen LogP contribution in [0.4, 0.5) is 5.69 Å². The van der Waals surface area contributed by atoms with E-state index in [0.29, 0.717) is 5.96 Å². The zero-order chi connectivity index (χ0) is 12.6. The Morgan fingerprint density at radius 3 is 2.78 bits per heavy atom. The smallest absolute Gasteiger partial charge is 0.196 e. The number of aliphatic imine (C=N–C) groups is 1. The highest BCUT2D eigenvalue weighted by Gasteiger charge is 2.44. The fourth-order valence-corrected chi connectivity index (χ4v) is 4.09. The molecule has 1 unspecified atom stereocenters. The SMILES string of the molecule is Cc1ccc(N2C(N)=NCC23CCCSC3)cc1. The Balaban J connectivity index is 1.96. The summed E-state index contributed by atoms with van der Waals surface area (Å²) >= 11 is 2.02.